The molecule has 9 unspecified atom stereocenters. The van der Waals surface area contributed by atoms with Gasteiger partial charge in [-0.05, 0) is 6.42 Å². The normalized spacial score (nSPS) is 46.4. The lowest BCUT2D eigenvalue weighted by atomic mass is 9.84. The van der Waals surface area contributed by atoms with Crippen molar-refractivity contribution in [3.8, 4) is 0 Å². The number of aliphatic hydroxyl groups is 8. The van der Waals surface area contributed by atoms with Gasteiger partial charge in [0.05, 0.1) is 38.0 Å². The van der Waals surface area contributed by atoms with Crippen molar-refractivity contribution in [2.75, 3.05) is 33.2 Å². The molecule has 19 nitrogen and oxygen atoms in total. The molecule has 3 rings (SSSR count). The first-order valence-electron chi connectivity index (χ1n) is 13.7. The van der Waals surface area contributed by atoms with Gasteiger partial charge in [-0.3, -0.25) is 0 Å². The summed E-state index contributed by atoms with van der Waals surface area (Å²) in [4.78, 5) is 0. The van der Waals surface area contributed by atoms with Crippen molar-refractivity contribution in [2.45, 2.75) is 110 Å². The molecule has 3 aliphatic rings. The molecule has 0 radical (unpaired) electrons. The number of hydrogen-bond acceptors (Lipinski definition) is 19. The van der Waals surface area contributed by atoms with Crippen LogP contribution in [0.4, 0.5) is 0 Å². The maximum Gasteiger partial charge on any atom is 0.176 e. The van der Waals surface area contributed by atoms with Crippen molar-refractivity contribution < 1.29 is 69.3 Å². The fraction of sp³-hybridized carbons (Fsp3) is 1.00. The Morgan fingerprint density at radius 1 is 0.690 bits per heavy atom. The van der Waals surface area contributed by atoms with Gasteiger partial charge in [-0.15, -0.1) is 0 Å². The van der Waals surface area contributed by atoms with Crippen LogP contribution in [0.2, 0.25) is 0 Å². The van der Waals surface area contributed by atoms with Crippen LogP contribution in [0.15, 0.2) is 0 Å². The Bertz CT molecular complexity index is 807. The number of hydrogen-bond donors (Lipinski definition) is 13. The Morgan fingerprint density at radius 3 is 1.83 bits per heavy atom. The Hall–Kier alpha value is -0.760. The SMILES string of the molecule is NC[C@@H]1O[C@H](OC(CO)[C@@H](CO)OCOC2C(O)[C@H](N)CC(N)[C@H]2O[C@H]2OC(CO)[C@@H](O)C(O)C2N)C(N)C(O)[C@@H]1O. The van der Waals surface area contributed by atoms with Crippen LogP contribution in [0.1, 0.15) is 6.42 Å². The molecule has 0 spiro atoms. The molecule has 19 heteroatoms. The van der Waals surface area contributed by atoms with Gasteiger partial charge in [-0.1, -0.05) is 0 Å². The highest BCUT2D eigenvalue weighted by molar-refractivity contribution is 5.00. The lowest BCUT2D eigenvalue weighted by Crippen LogP contribution is -2.67. The third kappa shape index (κ3) is 7.90. The Labute approximate surface area is 241 Å². The molecule has 0 aromatic heterocycles. The van der Waals surface area contributed by atoms with E-state index in [0.29, 0.717) is 0 Å². The lowest BCUT2D eigenvalue weighted by molar-refractivity contribution is -0.306. The molecular weight excluding hydrogens is 570 g/mol. The van der Waals surface area contributed by atoms with E-state index in [1.807, 2.05) is 0 Å². The zero-order valence-electron chi connectivity index (χ0n) is 23.0. The molecule has 0 aromatic carbocycles. The molecule has 18 N–H and O–H groups in total. The van der Waals surface area contributed by atoms with E-state index in [4.69, 9.17) is 57.1 Å². The van der Waals surface area contributed by atoms with Crippen molar-refractivity contribution in [3.05, 3.63) is 0 Å². The van der Waals surface area contributed by atoms with Crippen LogP contribution in [-0.2, 0) is 28.4 Å². The van der Waals surface area contributed by atoms with Crippen LogP contribution in [0.5, 0.6) is 0 Å². The van der Waals surface area contributed by atoms with E-state index in [-0.39, 0.29) is 13.0 Å². The minimum absolute atomic E-state index is 0.106. The molecule has 1 aliphatic carbocycles. The Kier molecular flexibility index (Phi) is 13.6. The molecule has 248 valence electrons. The first-order valence-corrected chi connectivity index (χ1v) is 13.7. The molecule has 2 saturated heterocycles. The van der Waals surface area contributed by atoms with E-state index in [1.165, 1.54) is 0 Å². The number of rotatable bonds is 13. The minimum Gasteiger partial charge on any atom is -0.394 e. The summed E-state index contributed by atoms with van der Waals surface area (Å²) in [6.07, 6.45) is -16.7. The monoisotopic (exact) mass is 617 g/mol. The molecule has 42 heavy (non-hydrogen) atoms. The number of aliphatic hydroxyl groups excluding tert-OH is 8. The molecular formula is C23H47N5O14. The van der Waals surface area contributed by atoms with Crippen LogP contribution in [-0.4, -0.2) is 178 Å². The molecule has 0 amide bonds. The molecule has 2 heterocycles. The van der Waals surface area contributed by atoms with E-state index in [1.54, 1.807) is 0 Å². The first-order chi connectivity index (χ1) is 19.9. The van der Waals surface area contributed by atoms with Gasteiger partial charge in [0.2, 0.25) is 0 Å². The topological polar surface area (TPSA) is 347 Å². The Balaban J connectivity index is 1.65. The predicted molar refractivity (Wildman–Crippen MR) is 139 cm³/mol. The minimum atomic E-state index is -1.50. The fourth-order valence-electron chi connectivity index (χ4n) is 5.20. The summed E-state index contributed by atoms with van der Waals surface area (Å²) in [5, 5.41) is 80.7. The molecule has 2 aliphatic heterocycles. The summed E-state index contributed by atoms with van der Waals surface area (Å²) < 4.78 is 33.9. The van der Waals surface area contributed by atoms with E-state index in [9.17, 15) is 40.9 Å². The second-order valence-electron chi connectivity index (χ2n) is 10.8. The standard InChI is InChI=1S/C23H47N5O14/c24-2-9-16(33)18(35)13(27)22(39-9)40-11(4-30)10(3-29)37-6-38-21-15(32)7(25)1-8(26)20(21)42-23-14(28)19(36)17(34)12(5-31)41-23/h7-23,29-36H,1-6,24-28H2/t7-,8?,9+,10-,11?,12?,13?,14?,15?,16-,17-,18?,19?,20-,21?,22-,23-/m1/s1. The summed E-state index contributed by atoms with van der Waals surface area (Å²) in [5.41, 5.74) is 29.7. The van der Waals surface area contributed by atoms with E-state index in [0.717, 1.165) is 0 Å². The zero-order valence-corrected chi connectivity index (χ0v) is 23.0. The molecule has 3 fully saturated rings. The van der Waals surface area contributed by atoms with Gasteiger partial charge in [0.1, 0.15) is 67.8 Å². The third-order valence-electron chi connectivity index (χ3n) is 7.89. The predicted octanol–water partition coefficient (Wildman–Crippen LogP) is -8.61. The van der Waals surface area contributed by atoms with Gasteiger partial charge < -0.3 is 97.9 Å². The van der Waals surface area contributed by atoms with E-state index < -0.39 is 131 Å². The van der Waals surface area contributed by atoms with Crippen molar-refractivity contribution in [3.63, 3.8) is 0 Å². The summed E-state index contributed by atoms with van der Waals surface area (Å²) >= 11 is 0. The third-order valence-corrected chi connectivity index (χ3v) is 7.89. The van der Waals surface area contributed by atoms with E-state index in [2.05, 4.69) is 0 Å². The van der Waals surface area contributed by atoms with Crippen molar-refractivity contribution in [1.82, 2.24) is 0 Å². The fourth-order valence-corrected chi connectivity index (χ4v) is 5.20. The summed E-state index contributed by atoms with van der Waals surface area (Å²) in [7, 11) is 0. The summed E-state index contributed by atoms with van der Waals surface area (Å²) in [5.74, 6) is 0. The second-order valence-corrected chi connectivity index (χ2v) is 10.8. The average molecular weight is 618 g/mol. The van der Waals surface area contributed by atoms with Crippen molar-refractivity contribution in [2.24, 2.45) is 28.7 Å². The highest BCUT2D eigenvalue weighted by Crippen LogP contribution is 2.29. The van der Waals surface area contributed by atoms with Crippen LogP contribution in [0, 0.1) is 0 Å². The van der Waals surface area contributed by atoms with Gasteiger partial charge in [0.15, 0.2) is 12.6 Å². The van der Waals surface area contributed by atoms with Gasteiger partial charge in [0.25, 0.3) is 0 Å². The maximum absolute atomic E-state index is 10.8. The highest BCUT2D eigenvalue weighted by Gasteiger charge is 2.49. The van der Waals surface area contributed by atoms with Crippen LogP contribution in [0.25, 0.3) is 0 Å². The quantitative estimate of drug-likeness (QED) is 0.0853. The molecule has 0 bridgehead atoms. The molecule has 0 aromatic rings. The van der Waals surface area contributed by atoms with Gasteiger partial charge in [-0.25, -0.2) is 0 Å². The summed E-state index contributed by atoms with van der Waals surface area (Å²) in [6.45, 7) is -2.76. The highest BCUT2D eigenvalue weighted by atomic mass is 16.7. The number of nitrogens with two attached hydrogens (primary N) is 5. The van der Waals surface area contributed by atoms with Crippen LogP contribution in [0.3, 0.4) is 0 Å². The summed E-state index contributed by atoms with van der Waals surface area (Å²) in [6, 6.07) is -4.10. The molecule has 1 saturated carbocycles. The first kappa shape index (κ1) is 35.7. The van der Waals surface area contributed by atoms with Crippen molar-refractivity contribution >= 4 is 0 Å². The maximum atomic E-state index is 10.8. The number of ether oxygens (including phenoxy) is 6. The lowest BCUT2D eigenvalue weighted by Gasteiger charge is -2.46. The average Bonchev–Trinajstić information content (AvgIpc) is 2.98. The second kappa shape index (κ2) is 16.0. The van der Waals surface area contributed by atoms with E-state index >= 15 is 0 Å². The van der Waals surface area contributed by atoms with Gasteiger partial charge >= 0.3 is 0 Å². The smallest absolute Gasteiger partial charge is 0.176 e. The van der Waals surface area contributed by atoms with Crippen LogP contribution < -0.4 is 28.7 Å². The van der Waals surface area contributed by atoms with Gasteiger partial charge in [-0.2, -0.15) is 0 Å². The Morgan fingerprint density at radius 2 is 1.26 bits per heavy atom. The zero-order chi connectivity index (χ0) is 31.3. The van der Waals surface area contributed by atoms with Crippen LogP contribution >= 0.6 is 0 Å². The largest absolute Gasteiger partial charge is 0.394 e. The molecule has 17 atom stereocenters. The van der Waals surface area contributed by atoms with Gasteiger partial charge in [0, 0.05) is 18.6 Å². The van der Waals surface area contributed by atoms with Crippen molar-refractivity contribution in [1.29, 1.82) is 0 Å².